The lowest BCUT2D eigenvalue weighted by molar-refractivity contribution is -0.123. The number of anilines is 2. The third-order valence-electron chi connectivity index (χ3n) is 9.41. The largest absolute Gasteiger partial charge is 0.480 e. The summed E-state index contributed by atoms with van der Waals surface area (Å²) in [6.45, 7) is 14.3. The number of carbonyl (C=O) groups is 2. The van der Waals surface area contributed by atoms with Crippen LogP contribution in [0.5, 0.6) is 11.5 Å². The number of fused-ring (bicyclic) bond motifs is 1. The fourth-order valence-electron chi connectivity index (χ4n) is 6.53. The SMILES string of the molecule is CCCCCCC(Oc1ccc(C)cc1C)C(=O)Nc1cc(NC(=O)C(CCCCCC)Oc2ccc(C)cc2C)cc(-c2nc3cc(C)[nH]n3n2)c1. The van der Waals surface area contributed by atoms with Gasteiger partial charge in [0.1, 0.15) is 11.5 Å². The molecule has 0 spiro atoms. The van der Waals surface area contributed by atoms with Gasteiger partial charge in [-0.1, -0.05) is 87.8 Å². The summed E-state index contributed by atoms with van der Waals surface area (Å²) in [5.41, 5.74) is 7.45. The van der Waals surface area contributed by atoms with Gasteiger partial charge in [-0.25, -0.2) is 4.98 Å². The zero-order valence-corrected chi connectivity index (χ0v) is 32.5. The molecule has 0 radical (unpaired) electrons. The van der Waals surface area contributed by atoms with E-state index >= 15 is 0 Å². The highest BCUT2D eigenvalue weighted by Crippen LogP contribution is 2.29. The van der Waals surface area contributed by atoms with E-state index < -0.39 is 12.2 Å². The summed E-state index contributed by atoms with van der Waals surface area (Å²) in [4.78, 5) is 32.8. The lowest BCUT2D eigenvalue weighted by atomic mass is 10.1. The predicted molar refractivity (Wildman–Crippen MR) is 213 cm³/mol. The number of aromatic nitrogens is 4. The first kappa shape index (κ1) is 39.1. The van der Waals surface area contributed by atoms with E-state index in [1.165, 1.54) is 0 Å². The number of H-pyrrole nitrogens is 1. The van der Waals surface area contributed by atoms with Crippen LogP contribution < -0.4 is 20.1 Å². The molecule has 2 atom stereocenters. The number of nitrogens with zero attached hydrogens (tertiary/aromatic N) is 3. The molecule has 10 nitrogen and oxygen atoms in total. The minimum absolute atomic E-state index is 0.261. The molecule has 5 rings (SSSR count). The van der Waals surface area contributed by atoms with E-state index in [1.54, 1.807) is 10.7 Å². The van der Waals surface area contributed by atoms with E-state index in [0.29, 0.717) is 52.8 Å². The highest BCUT2D eigenvalue weighted by molar-refractivity contribution is 5.98. The van der Waals surface area contributed by atoms with Crippen LogP contribution >= 0.6 is 0 Å². The topological polar surface area (TPSA) is 123 Å². The molecular formula is C43H56N6O4. The van der Waals surface area contributed by atoms with Crippen molar-refractivity contribution in [3.8, 4) is 22.9 Å². The molecule has 2 heterocycles. The Morgan fingerprint density at radius 2 is 1.19 bits per heavy atom. The number of aryl methyl sites for hydroxylation is 5. The number of ether oxygens (including phenoxy) is 2. The first-order chi connectivity index (χ1) is 25.5. The normalized spacial score (nSPS) is 12.4. The van der Waals surface area contributed by atoms with Crippen molar-refractivity contribution in [3.05, 3.63) is 88.6 Å². The Morgan fingerprint density at radius 1 is 0.679 bits per heavy atom. The van der Waals surface area contributed by atoms with E-state index in [9.17, 15) is 9.59 Å². The summed E-state index contributed by atoms with van der Waals surface area (Å²) in [5, 5.41) is 14.0. The van der Waals surface area contributed by atoms with Crippen LogP contribution in [0.3, 0.4) is 0 Å². The maximum atomic E-state index is 14.0. The fraction of sp³-hybridized carbons (Fsp3) is 0.442. The molecule has 0 saturated carbocycles. The van der Waals surface area contributed by atoms with Gasteiger partial charge in [0.2, 0.25) is 0 Å². The summed E-state index contributed by atoms with van der Waals surface area (Å²) >= 11 is 0. The van der Waals surface area contributed by atoms with Gasteiger partial charge >= 0.3 is 0 Å². The van der Waals surface area contributed by atoms with Crippen LogP contribution in [0.2, 0.25) is 0 Å². The number of rotatable bonds is 19. The van der Waals surface area contributed by atoms with E-state index in [0.717, 1.165) is 79.3 Å². The highest BCUT2D eigenvalue weighted by atomic mass is 16.5. The van der Waals surface area contributed by atoms with Gasteiger partial charge < -0.3 is 20.1 Å². The minimum atomic E-state index is -0.708. The van der Waals surface area contributed by atoms with Crippen molar-refractivity contribution < 1.29 is 19.1 Å². The summed E-state index contributed by atoms with van der Waals surface area (Å²) < 4.78 is 14.4. The molecule has 0 aliphatic carbocycles. The van der Waals surface area contributed by atoms with Gasteiger partial charge in [0.15, 0.2) is 23.7 Å². The standard InChI is InChI=1S/C43H56N6O4/c1-8-10-12-14-16-38(52-36-20-18-28(3)22-30(36)5)42(50)44-34-25-33(41-46-40-24-32(7)47-49(40)48-41)26-35(27-34)45-43(51)39(17-15-13-11-9-2)53-37-21-19-29(4)23-31(37)6/h18-27,38-39,47H,8-17H2,1-7H3,(H,44,50)(H,45,51). The summed E-state index contributed by atoms with van der Waals surface area (Å²) in [6, 6.07) is 19.3. The fourth-order valence-corrected chi connectivity index (χ4v) is 6.53. The first-order valence-electron chi connectivity index (χ1n) is 19.2. The van der Waals surface area contributed by atoms with E-state index in [4.69, 9.17) is 14.5 Å². The average molecular weight is 721 g/mol. The summed E-state index contributed by atoms with van der Waals surface area (Å²) in [7, 11) is 0. The van der Waals surface area contributed by atoms with E-state index in [-0.39, 0.29) is 11.8 Å². The molecule has 3 N–H and O–H groups in total. The van der Waals surface area contributed by atoms with Gasteiger partial charge in [-0.05, 0) is 102 Å². The molecular weight excluding hydrogens is 665 g/mol. The van der Waals surface area contributed by atoms with Gasteiger partial charge in [0, 0.05) is 28.7 Å². The van der Waals surface area contributed by atoms with Gasteiger partial charge in [0.25, 0.3) is 11.8 Å². The van der Waals surface area contributed by atoms with Gasteiger partial charge in [-0.2, -0.15) is 4.63 Å². The van der Waals surface area contributed by atoms with Gasteiger partial charge in [0.05, 0.1) is 0 Å². The summed E-state index contributed by atoms with van der Waals surface area (Å²) in [6.07, 6.45) is 7.89. The maximum absolute atomic E-state index is 14.0. The van der Waals surface area contributed by atoms with Crippen LogP contribution in [0.4, 0.5) is 11.4 Å². The Kier molecular flexibility index (Phi) is 13.7. The van der Waals surface area contributed by atoms with Crippen LogP contribution in [0.25, 0.3) is 17.0 Å². The van der Waals surface area contributed by atoms with Crippen molar-refractivity contribution in [2.24, 2.45) is 0 Å². The molecule has 0 aliphatic rings. The zero-order chi connectivity index (χ0) is 37.9. The van der Waals surface area contributed by atoms with Crippen LogP contribution in [0, 0.1) is 34.6 Å². The van der Waals surface area contributed by atoms with Crippen LogP contribution in [0.15, 0.2) is 60.7 Å². The second-order valence-corrected chi connectivity index (χ2v) is 14.4. The second-order valence-electron chi connectivity index (χ2n) is 14.4. The van der Waals surface area contributed by atoms with Crippen molar-refractivity contribution in [2.75, 3.05) is 10.6 Å². The predicted octanol–water partition coefficient (Wildman–Crippen LogP) is 9.98. The molecule has 10 heteroatoms. The molecule has 282 valence electrons. The van der Waals surface area contributed by atoms with Crippen molar-refractivity contribution in [1.82, 2.24) is 19.8 Å². The quantitative estimate of drug-likeness (QED) is 0.0730. The number of unbranched alkanes of at least 4 members (excludes halogenated alkanes) is 6. The number of benzene rings is 3. The zero-order valence-electron chi connectivity index (χ0n) is 32.5. The van der Waals surface area contributed by atoms with Gasteiger partial charge in [-0.15, -0.1) is 5.10 Å². The Balaban J connectivity index is 1.44. The molecule has 2 aromatic heterocycles. The van der Waals surface area contributed by atoms with Crippen molar-refractivity contribution in [3.63, 3.8) is 0 Å². The van der Waals surface area contributed by atoms with Crippen molar-refractivity contribution in [1.29, 1.82) is 0 Å². The Morgan fingerprint density at radius 3 is 1.64 bits per heavy atom. The van der Waals surface area contributed by atoms with Gasteiger partial charge in [-0.3, -0.25) is 14.7 Å². The van der Waals surface area contributed by atoms with Crippen LogP contribution in [0.1, 0.15) is 106 Å². The number of amides is 2. The Hall–Kier alpha value is -5.12. The molecule has 5 aromatic rings. The second kappa shape index (κ2) is 18.6. The third kappa shape index (κ3) is 10.9. The third-order valence-corrected chi connectivity index (χ3v) is 9.41. The Labute approximate surface area is 314 Å². The molecule has 0 saturated heterocycles. The molecule has 2 amide bonds. The number of nitrogens with one attached hydrogen (secondary N) is 3. The molecule has 0 aliphatic heterocycles. The highest BCUT2D eigenvalue weighted by Gasteiger charge is 2.25. The molecule has 3 aromatic carbocycles. The molecule has 0 fully saturated rings. The first-order valence-corrected chi connectivity index (χ1v) is 19.2. The van der Waals surface area contributed by atoms with Crippen molar-refractivity contribution in [2.45, 2.75) is 125 Å². The smallest absolute Gasteiger partial charge is 0.265 e. The van der Waals surface area contributed by atoms with Crippen LogP contribution in [-0.2, 0) is 9.59 Å². The van der Waals surface area contributed by atoms with E-state index in [2.05, 4.69) is 46.8 Å². The lowest BCUT2D eigenvalue weighted by Gasteiger charge is -2.22. The Bertz CT molecular complexity index is 1860. The van der Waals surface area contributed by atoms with Crippen molar-refractivity contribution >= 4 is 28.8 Å². The molecule has 53 heavy (non-hydrogen) atoms. The minimum Gasteiger partial charge on any atom is -0.480 e. The number of hydrogen-bond donors (Lipinski definition) is 3. The molecule has 2 unspecified atom stereocenters. The van der Waals surface area contributed by atoms with E-state index in [1.807, 2.05) is 77.1 Å². The maximum Gasteiger partial charge on any atom is 0.265 e. The van der Waals surface area contributed by atoms with Crippen LogP contribution in [-0.4, -0.2) is 43.8 Å². The number of aromatic amines is 1. The number of carbonyl (C=O) groups excluding carboxylic acids is 2. The average Bonchev–Trinajstić information content (AvgIpc) is 3.67. The molecule has 0 bridgehead atoms. The summed E-state index contributed by atoms with van der Waals surface area (Å²) in [5.74, 6) is 1.31. The number of hydrogen-bond acceptors (Lipinski definition) is 6. The lowest BCUT2D eigenvalue weighted by Crippen LogP contribution is -2.34. The monoisotopic (exact) mass is 720 g/mol.